The molecule has 0 amide bonds. The van der Waals surface area contributed by atoms with E-state index in [1.54, 1.807) is 0 Å². The second-order valence-corrected chi connectivity index (χ2v) is 5.52. The molecule has 16 heavy (non-hydrogen) atoms. The zero-order valence-electron chi connectivity index (χ0n) is 9.29. The fourth-order valence-corrected chi connectivity index (χ4v) is 3.08. The number of fused-ring (bicyclic) bond motifs is 1. The maximum absolute atomic E-state index is 5.91. The number of oxazole rings is 1. The molecule has 0 spiro atoms. The molecule has 3 rings (SSSR count). The van der Waals surface area contributed by atoms with Gasteiger partial charge in [0.1, 0.15) is 5.52 Å². The third-order valence-electron chi connectivity index (χ3n) is 3.36. The van der Waals surface area contributed by atoms with E-state index >= 15 is 0 Å². The highest BCUT2D eigenvalue weighted by Crippen LogP contribution is 2.36. The van der Waals surface area contributed by atoms with Gasteiger partial charge in [0, 0.05) is 10.4 Å². The number of hydrogen-bond donors (Lipinski definition) is 0. The van der Waals surface area contributed by atoms with Crippen LogP contribution in [0.5, 0.6) is 0 Å². The van der Waals surface area contributed by atoms with Crippen molar-refractivity contribution < 1.29 is 4.42 Å². The van der Waals surface area contributed by atoms with Gasteiger partial charge in [-0.05, 0) is 37.5 Å². The molecule has 0 unspecified atom stereocenters. The van der Waals surface area contributed by atoms with Crippen molar-refractivity contribution in [3.8, 4) is 0 Å². The van der Waals surface area contributed by atoms with E-state index in [1.165, 1.54) is 25.7 Å². The third kappa shape index (κ3) is 1.67. The lowest BCUT2D eigenvalue weighted by Crippen LogP contribution is -1.90. The summed E-state index contributed by atoms with van der Waals surface area (Å²) in [5.74, 6) is 1.49. The van der Waals surface area contributed by atoms with Crippen LogP contribution in [-0.4, -0.2) is 4.98 Å². The Balaban J connectivity index is 2.11. The summed E-state index contributed by atoms with van der Waals surface area (Å²) in [5, 5.41) is 0. The van der Waals surface area contributed by atoms with Gasteiger partial charge < -0.3 is 4.42 Å². The molecule has 0 saturated heterocycles. The second kappa shape index (κ2) is 3.88. The molecule has 1 aliphatic rings. The molecule has 1 aliphatic carbocycles. The van der Waals surface area contributed by atoms with Crippen LogP contribution in [0.3, 0.4) is 0 Å². The zero-order chi connectivity index (χ0) is 11.1. The van der Waals surface area contributed by atoms with Crippen LogP contribution in [0.15, 0.2) is 21.0 Å². The maximum atomic E-state index is 5.91. The van der Waals surface area contributed by atoms with E-state index in [4.69, 9.17) is 4.42 Å². The Morgan fingerprint density at radius 2 is 2.06 bits per heavy atom. The van der Waals surface area contributed by atoms with Gasteiger partial charge in [0.25, 0.3) is 0 Å². The van der Waals surface area contributed by atoms with Crippen molar-refractivity contribution in [1.29, 1.82) is 0 Å². The van der Waals surface area contributed by atoms with Crippen molar-refractivity contribution in [2.45, 2.75) is 38.5 Å². The van der Waals surface area contributed by atoms with Gasteiger partial charge in [0.2, 0.25) is 0 Å². The Kier molecular flexibility index (Phi) is 2.51. The molecule has 1 saturated carbocycles. The molecule has 1 aromatic heterocycles. The number of halogens is 1. The Bertz CT molecular complexity index is 526. The molecule has 0 atom stereocenters. The summed E-state index contributed by atoms with van der Waals surface area (Å²) in [6.07, 6.45) is 5.08. The molecule has 2 aromatic rings. The molecule has 0 radical (unpaired) electrons. The largest absolute Gasteiger partial charge is 0.440 e. The fourth-order valence-electron chi connectivity index (χ4n) is 2.52. The average Bonchev–Trinajstić information content (AvgIpc) is 2.82. The first kappa shape index (κ1) is 10.3. The minimum Gasteiger partial charge on any atom is -0.440 e. The van der Waals surface area contributed by atoms with E-state index in [0.29, 0.717) is 5.92 Å². The van der Waals surface area contributed by atoms with Crippen LogP contribution in [0.25, 0.3) is 11.1 Å². The van der Waals surface area contributed by atoms with Crippen LogP contribution < -0.4 is 0 Å². The highest BCUT2D eigenvalue weighted by molar-refractivity contribution is 9.10. The highest BCUT2D eigenvalue weighted by atomic mass is 79.9. The lowest BCUT2D eigenvalue weighted by atomic mass is 10.1. The van der Waals surface area contributed by atoms with Crippen molar-refractivity contribution >= 4 is 27.0 Å². The van der Waals surface area contributed by atoms with Gasteiger partial charge in [0.05, 0.1) is 0 Å². The Labute approximate surface area is 103 Å². The van der Waals surface area contributed by atoms with Gasteiger partial charge in [-0.3, -0.25) is 0 Å². The quantitative estimate of drug-likeness (QED) is 0.765. The van der Waals surface area contributed by atoms with Gasteiger partial charge in [-0.15, -0.1) is 0 Å². The van der Waals surface area contributed by atoms with E-state index < -0.39 is 0 Å². The molecule has 2 nitrogen and oxygen atoms in total. The molecule has 0 bridgehead atoms. The SMILES string of the molecule is Cc1cc(Br)cc2nc(C3CCCC3)oc12. The van der Waals surface area contributed by atoms with Crippen LogP contribution >= 0.6 is 15.9 Å². The van der Waals surface area contributed by atoms with E-state index in [0.717, 1.165) is 27.0 Å². The summed E-state index contributed by atoms with van der Waals surface area (Å²) < 4.78 is 6.98. The summed E-state index contributed by atoms with van der Waals surface area (Å²) in [5.41, 5.74) is 3.08. The molecule has 84 valence electrons. The number of benzene rings is 1. The lowest BCUT2D eigenvalue weighted by molar-refractivity contribution is 0.473. The first-order valence-corrected chi connectivity index (χ1v) is 6.60. The molecule has 3 heteroatoms. The summed E-state index contributed by atoms with van der Waals surface area (Å²) in [4.78, 5) is 4.62. The van der Waals surface area contributed by atoms with Crippen molar-refractivity contribution in [2.24, 2.45) is 0 Å². The predicted molar refractivity (Wildman–Crippen MR) is 67.7 cm³/mol. The van der Waals surface area contributed by atoms with Crippen LogP contribution in [0.1, 0.15) is 43.1 Å². The summed E-state index contributed by atoms with van der Waals surface area (Å²) in [6, 6.07) is 4.11. The van der Waals surface area contributed by atoms with Crippen molar-refractivity contribution in [1.82, 2.24) is 4.98 Å². The van der Waals surface area contributed by atoms with Gasteiger partial charge in [-0.2, -0.15) is 0 Å². The number of nitrogens with zero attached hydrogens (tertiary/aromatic N) is 1. The number of rotatable bonds is 1. The molecular weight excluding hydrogens is 266 g/mol. The Morgan fingerprint density at radius 3 is 2.81 bits per heavy atom. The highest BCUT2D eigenvalue weighted by Gasteiger charge is 2.22. The minimum absolute atomic E-state index is 0.547. The fraction of sp³-hybridized carbons (Fsp3) is 0.462. The molecule has 1 fully saturated rings. The standard InChI is InChI=1S/C13H14BrNO/c1-8-6-10(14)7-11-12(8)16-13(15-11)9-4-2-3-5-9/h6-7,9H,2-5H2,1H3. The molecule has 1 aromatic carbocycles. The van der Waals surface area contributed by atoms with Gasteiger partial charge in [0.15, 0.2) is 11.5 Å². The van der Waals surface area contributed by atoms with Gasteiger partial charge in [-0.1, -0.05) is 28.8 Å². The smallest absolute Gasteiger partial charge is 0.198 e. The average molecular weight is 280 g/mol. The number of aryl methyl sites for hydroxylation is 1. The molecule has 0 N–H and O–H groups in total. The Hall–Kier alpha value is -0.830. The normalized spacial score (nSPS) is 17.4. The lowest BCUT2D eigenvalue weighted by Gasteiger charge is -2.00. The minimum atomic E-state index is 0.547. The zero-order valence-corrected chi connectivity index (χ0v) is 10.9. The maximum Gasteiger partial charge on any atom is 0.198 e. The van der Waals surface area contributed by atoms with Crippen LogP contribution in [-0.2, 0) is 0 Å². The van der Waals surface area contributed by atoms with E-state index in [-0.39, 0.29) is 0 Å². The molecule has 1 heterocycles. The van der Waals surface area contributed by atoms with Crippen LogP contribution in [0, 0.1) is 6.92 Å². The second-order valence-electron chi connectivity index (χ2n) is 4.60. The molecule has 0 aliphatic heterocycles. The van der Waals surface area contributed by atoms with E-state index in [1.807, 2.05) is 6.07 Å². The van der Waals surface area contributed by atoms with Crippen LogP contribution in [0.4, 0.5) is 0 Å². The van der Waals surface area contributed by atoms with Crippen molar-refractivity contribution in [3.63, 3.8) is 0 Å². The summed E-state index contributed by atoms with van der Waals surface area (Å²) in [6.45, 7) is 2.07. The van der Waals surface area contributed by atoms with Gasteiger partial charge >= 0.3 is 0 Å². The number of aromatic nitrogens is 1. The van der Waals surface area contributed by atoms with E-state index in [2.05, 4.69) is 33.9 Å². The third-order valence-corrected chi connectivity index (χ3v) is 3.82. The van der Waals surface area contributed by atoms with Crippen molar-refractivity contribution in [3.05, 3.63) is 28.1 Å². The first-order chi connectivity index (χ1) is 7.74. The molecular formula is C13H14BrNO. The number of hydrogen-bond acceptors (Lipinski definition) is 2. The van der Waals surface area contributed by atoms with Crippen LogP contribution in [0.2, 0.25) is 0 Å². The topological polar surface area (TPSA) is 26.0 Å². The van der Waals surface area contributed by atoms with Gasteiger partial charge in [-0.25, -0.2) is 4.98 Å². The summed E-state index contributed by atoms with van der Waals surface area (Å²) >= 11 is 3.49. The van der Waals surface area contributed by atoms with Crippen molar-refractivity contribution in [2.75, 3.05) is 0 Å². The monoisotopic (exact) mass is 279 g/mol. The van der Waals surface area contributed by atoms with E-state index in [9.17, 15) is 0 Å². The Morgan fingerprint density at radius 1 is 1.31 bits per heavy atom. The first-order valence-electron chi connectivity index (χ1n) is 5.80. The summed E-state index contributed by atoms with van der Waals surface area (Å²) in [7, 11) is 0. The predicted octanol–water partition coefficient (Wildman–Crippen LogP) is 4.56.